The molecule has 0 fully saturated rings. The second-order valence-corrected chi connectivity index (χ2v) is 9.36. The monoisotopic (exact) mass is 494 g/mol. The van der Waals surface area contributed by atoms with Crippen molar-refractivity contribution in [2.45, 2.75) is 52.4 Å². The van der Waals surface area contributed by atoms with Crippen molar-refractivity contribution in [1.82, 2.24) is 30.4 Å². The predicted octanol–water partition coefficient (Wildman–Crippen LogP) is 3.66. The molecule has 0 aliphatic heterocycles. The SMILES string of the molecule is Cc1ccc(-c2nnn(CC(=O)N(Cc3ccc(F)cc3)[C@@H](C(=O)NC(C)(C)C)c3ccco3)n2)o1. The standard InChI is InChI=1S/C25H27FN6O4/c1-16-7-12-20(36-16)23-28-30-32(29-23)15-21(33)31(14-17-8-10-18(26)11-9-17)22(19-6-5-13-35-19)24(34)27-25(2,3)4/h5-13,22H,14-15H2,1-4H3,(H,27,34)/t22-/m1/s1. The lowest BCUT2D eigenvalue weighted by molar-refractivity contribution is -0.143. The summed E-state index contributed by atoms with van der Waals surface area (Å²) in [4.78, 5) is 29.5. The molecule has 0 radical (unpaired) electrons. The summed E-state index contributed by atoms with van der Waals surface area (Å²) in [5, 5.41) is 15.1. The van der Waals surface area contributed by atoms with Crippen LogP contribution in [0.4, 0.5) is 4.39 Å². The number of benzene rings is 1. The highest BCUT2D eigenvalue weighted by atomic mass is 19.1. The van der Waals surface area contributed by atoms with E-state index in [0.29, 0.717) is 17.1 Å². The van der Waals surface area contributed by atoms with Gasteiger partial charge < -0.3 is 19.1 Å². The minimum absolute atomic E-state index is 0.0149. The third kappa shape index (κ3) is 6.04. The fraction of sp³-hybridized carbons (Fsp3) is 0.320. The number of nitrogens with one attached hydrogen (secondary N) is 1. The van der Waals surface area contributed by atoms with E-state index in [4.69, 9.17) is 8.83 Å². The quantitative estimate of drug-likeness (QED) is 0.397. The molecule has 0 bridgehead atoms. The molecule has 0 unspecified atom stereocenters. The van der Waals surface area contributed by atoms with Gasteiger partial charge in [-0.15, -0.1) is 10.2 Å². The number of hydrogen-bond acceptors (Lipinski definition) is 7. The summed E-state index contributed by atoms with van der Waals surface area (Å²) < 4.78 is 24.6. The van der Waals surface area contributed by atoms with Crippen LogP contribution < -0.4 is 5.32 Å². The summed E-state index contributed by atoms with van der Waals surface area (Å²) in [5.74, 6) is 0.328. The average molecular weight is 495 g/mol. The van der Waals surface area contributed by atoms with Crippen LogP contribution in [0.15, 0.2) is 63.6 Å². The summed E-state index contributed by atoms with van der Waals surface area (Å²) >= 11 is 0. The van der Waals surface area contributed by atoms with Gasteiger partial charge in [-0.3, -0.25) is 9.59 Å². The third-order valence-corrected chi connectivity index (χ3v) is 5.15. The number of furan rings is 2. The van der Waals surface area contributed by atoms with E-state index in [2.05, 4.69) is 20.7 Å². The summed E-state index contributed by atoms with van der Waals surface area (Å²) in [6.07, 6.45) is 1.43. The molecule has 4 rings (SSSR count). The Bertz CT molecular complexity index is 1320. The van der Waals surface area contributed by atoms with Gasteiger partial charge in [-0.05, 0) is 74.9 Å². The topological polar surface area (TPSA) is 119 Å². The molecule has 1 atom stereocenters. The second kappa shape index (κ2) is 10.1. The molecule has 1 aromatic carbocycles. The van der Waals surface area contributed by atoms with Gasteiger partial charge in [0.15, 0.2) is 11.8 Å². The Morgan fingerprint density at radius 2 is 1.89 bits per heavy atom. The first-order chi connectivity index (χ1) is 17.1. The van der Waals surface area contributed by atoms with Crippen LogP contribution in [0.1, 0.15) is 43.9 Å². The second-order valence-electron chi connectivity index (χ2n) is 9.36. The zero-order valence-electron chi connectivity index (χ0n) is 20.4. The van der Waals surface area contributed by atoms with Crippen LogP contribution in [0, 0.1) is 12.7 Å². The van der Waals surface area contributed by atoms with Gasteiger partial charge in [0.2, 0.25) is 11.7 Å². The van der Waals surface area contributed by atoms with Crippen LogP contribution >= 0.6 is 0 Å². The Hall–Kier alpha value is -4.28. The van der Waals surface area contributed by atoms with Crippen molar-refractivity contribution in [1.29, 1.82) is 0 Å². The summed E-state index contributed by atoms with van der Waals surface area (Å²) in [6.45, 7) is 7.03. The minimum Gasteiger partial charge on any atom is -0.467 e. The van der Waals surface area contributed by atoms with E-state index in [-0.39, 0.29) is 24.7 Å². The lowest BCUT2D eigenvalue weighted by Gasteiger charge is -2.32. The number of rotatable bonds is 8. The zero-order valence-corrected chi connectivity index (χ0v) is 20.4. The molecule has 10 nitrogen and oxygen atoms in total. The first-order valence-electron chi connectivity index (χ1n) is 11.3. The van der Waals surface area contributed by atoms with E-state index in [9.17, 15) is 14.0 Å². The molecular formula is C25H27FN6O4. The molecule has 4 aromatic rings. The van der Waals surface area contributed by atoms with Gasteiger partial charge in [0, 0.05) is 12.1 Å². The van der Waals surface area contributed by atoms with Gasteiger partial charge >= 0.3 is 0 Å². The fourth-order valence-corrected chi connectivity index (χ4v) is 3.59. The van der Waals surface area contributed by atoms with Crippen molar-refractivity contribution in [3.63, 3.8) is 0 Å². The molecule has 3 heterocycles. The van der Waals surface area contributed by atoms with Crippen LogP contribution in [0.3, 0.4) is 0 Å². The van der Waals surface area contributed by atoms with Crippen molar-refractivity contribution in [3.05, 3.63) is 77.7 Å². The first-order valence-corrected chi connectivity index (χ1v) is 11.3. The largest absolute Gasteiger partial charge is 0.467 e. The highest BCUT2D eigenvalue weighted by Crippen LogP contribution is 2.26. The number of halogens is 1. The highest BCUT2D eigenvalue weighted by molar-refractivity contribution is 5.88. The molecule has 0 aliphatic carbocycles. The van der Waals surface area contributed by atoms with Crippen molar-refractivity contribution in [2.75, 3.05) is 0 Å². The van der Waals surface area contributed by atoms with Gasteiger partial charge in [0.1, 0.15) is 23.9 Å². The highest BCUT2D eigenvalue weighted by Gasteiger charge is 2.35. The molecule has 0 spiro atoms. The van der Waals surface area contributed by atoms with E-state index in [1.54, 1.807) is 43.3 Å². The lowest BCUT2D eigenvalue weighted by Crippen LogP contribution is -2.49. The fourth-order valence-electron chi connectivity index (χ4n) is 3.59. The zero-order chi connectivity index (χ0) is 25.9. The van der Waals surface area contributed by atoms with Gasteiger partial charge in [-0.1, -0.05) is 12.1 Å². The van der Waals surface area contributed by atoms with E-state index < -0.39 is 29.2 Å². The molecule has 0 saturated carbocycles. The number of hydrogen-bond donors (Lipinski definition) is 1. The molecule has 3 aromatic heterocycles. The van der Waals surface area contributed by atoms with Gasteiger partial charge in [0.25, 0.3) is 5.91 Å². The number of amides is 2. The van der Waals surface area contributed by atoms with Crippen LogP contribution in [0.2, 0.25) is 0 Å². The number of tetrazole rings is 1. The van der Waals surface area contributed by atoms with E-state index in [0.717, 1.165) is 4.80 Å². The molecule has 0 aliphatic rings. The normalized spacial score (nSPS) is 12.4. The summed E-state index contributed by atoms with van der Waals surface area (Å²) in [6, 6.07) is 11.4. The lowest BCUT2D eigenvalue weighted by atomic mass is 10.1. The van der Waals surface area contributed by atoms with Crippen LogP contribution in [-0.2, 0) is 22.7 Å². The third-order valence-electron chi connectivity index (χ3n) is 5.15. The van der Waals surface area contributed by atoms with Crippen LogP contribution in [0.25, 0.3) is 11.6 Å². The van der Waals surface area contributed by atoms with Crippen LogP contribution in [-0.4, -0.2) is 42.5 Å². The van der Waals surface area contributed by atoms with Gasteiger partial charge in [-0.2, -0.15) is 4.80 Å². The Morgan fingerprint density at radius 3 is 2.50 bits per heavy atom. The van der Waals surface area contributed by atoms with E-state index in [1.165, 1.54) is 23.3 Å². The molecule has 0 saturated heterocycles. The van der Waals surface area contributed by atoms with Crippen LogP contribution in [0.5, 0.6) is 0 Å². The summed E-state index contributed by atoms with van der Waals surface area (Å²) in [5.41, 5.74) is 0.0685. The number of carbonyl (C=O) groups excluding carboxylic acids is 2. The van der Waals surface area contributed by atoms with Crippen molar-refractivity contribution in [3.8, 4) is 11.6 Å². The predicted molar refractivity (Wildman–Crippen MR) is 127 cm³/mol. The van der Waals surface area contributed by atoms with Gasteiger partial charge in [-0.25, -0.2) is 4.39 Å². The molecule has 1 N–H and O–H groups in total. The number of nitrogens with zero attached hydrogens (tertiary/aromatic N) is 5. The summed E-state index contributed by atoms with van der Waals surface area (Å²) in [7, 11) is 0. The maximum atomic E-state index is 13.6. The van der Waals surface area contributed by atoms with Crippen molar-refractivity contribution < 1.29 is 22.8 Å². The van der Waals surface area contributed by atoms with Crippen molar-refractivity contribution in [2.24, 2.45) is 0 Å². The molecule has 36 heavy (non-hydrogen) atoms. The number of aromatic nitrogens is 4. The smallest absolute Gasteiger partial charge is 0.251 e. The molecule has 2 amide bonds. The van der Waals surface area contributed by atoms with Crippen molar-refractivity contribution >= 4 is 11.8 Å². The Balaban J connectivity index is 1.66. The molecule has 188 valence electrons. The Morgan fingerprint density at radius 1 is 1.14 bits per heavy atom. The van der Waals surface area contributed by atoms with Gasteiger partial charge in [0.05, 0.1) is 6.26 Å². The maximum absolute atomic E-state index is 13.6. The Kier molecular flexibility index (Phi) is 7.00. The Labute approximate surface area is 207 Å². The van der Waals surface area contributed by atoms with E-state index in [1.807, 2.05) is 20.8 Å². The minimum atomic E-state index is -1.09. The average Bonchev–Trinajstić information content (AvgIpc) is 3.56. The first kappa shape index (κ1) is 24.8. The van der Waals surface area contributed by atoms with E-state index >= 15 is 0 Å². The molecular weight excluding hydrogens is 467 g/mol. The number of carbonyl (C=O) groups is 2. The maximum Gasteiger partial charge on any atom is 0.251 e. The number of aryl methyl sites for hydroxylation is 1. The molecule has 11 heteroatoms.